The minimum absolute atomic E-state index is 0.136. The summed E-state index contributed by atoms with van der Waals surface area (Å²) in [5.41, 5.74) is 2.55. The molecule has 0 saturated carbocycles. The minimum atomic E-state index is -0.541. The van der Waals surface area contributed by atoms with Gasteiger partial charge in [-0.15, -0.1) is 0 Å². The first-order valence-electron chi connectivity index (χ1n) is 9.05. The molecule has 30 heavy (non-hydrogen) atoms. The fraction of sp³-hybridized carbons (Fsp3) is 0.0952. The highest BCUT2D eigenvalue weighted by atomic mass is 16.6. The molecule has 0 bridgehead atoms. The summed E-state index contributed by atoms with van der Waals surface area (Å²) in [6.07, 6.45) is 3.26. The number of aryl methyl sites for hydroxylation is 2. The van der Waals surface area contributed by atoms with E-state index in [4.69, 9.17) is 4.74 Å². The average molecular weight is 403 g/mol. The smallest absolute Gasteiger partial charge is 0.276 e. The number of nitro benzene ring substituents is 1. The second-order valence-corrected chi connectivity index (χ2v) is 6.75. The van der Waals surface area contributed by atoms with Crippen LogP contribution in [0.5, 0.6) is 11.5 Å². The summed E-state index contributed by atoms with van der Waals surface area (Å²) in [5, 5.41) is 18.2. The Morgan fingerprint density at radius 2 is 2.00 bits per heavy atom. The Balaban J connectivity index is 1.64. The normalized spacial score (nSPS) is 10.7. The fourth-order valence-electron chi connectivity index (χ4n) is 2.90. The van der Waals surface area contributed by atoms with Gasteiger partial charge in [0.2, 0.25) is 0 Å². The Morgan fingerprint density at radius 1 is 1.17 bits per heavy atom. The van der Waals surface area contributed by atoms with Crippen LogP contribution in [0.2, 0.25) is 0 Å². The number of amides is 1. The number of carbonyl (C=O) groups is 1. The van der Waals surface area contributed by atoms with Crippen LogP contribution in [0.15, 0.2) is 60.9 Å². The predicted octanol–water partition coefficient (Wildman–Crippen LogP) is 4.30. The van der Waals surface area contributed by atoms with Crippen molar-refractivity contribution in [2.24, 2.45) is 0 Å². The van der Waals surface area contributed by atoms with Gasteiger partial charge in [-0.3, -0.25) is 14.9 Å². The zero-order valence-electron chi connectivity index (χ0n) is 16.2. The maximum absolute atomic E-state index is 12.6. The van der Waals surface area contributed by atoms with Gasteiger partial charge < -0.3 is 10.1 Å². The summed E-state index contributed by atoms with van der Waals surface area (Å²) in [6, 6.07) is 13.0. The number of hydrogen-bond donors (Lipinski definition) is 1. The lowest BCUT2D eigenvalue weighted by atomic mass is 10.1. The van der Waals surface area contributed by atoms with Gasteiger partial charge in [-0.1, -0.05) is 12.1 Å². The van der Waals surface area contributed by atoms with Gasteiger partial charge in [0, 0.05) is 30.6 Å². The van der Waals surface area contributed by atoms with Gasteiger partial charge in [0.1, 0.15) is 11.5 Å². The van der Waals surface area contributed by atoms with Gasteiger partial charge in [0.15, 0.2) is 11.3 Å². The summed E-state index contributed by atoms with van der Waals surface area (Å²) in [4.78, 5) is 27.5. The van der Waals surface area contributed by atoms with Crippen LogP contribution < -0.4 is 10.1 Å². The van der Waals surface area contributed by atoms with Crippen molar-refractivity contribution in [2.75, 3.05) is 5.32 Å². The monoisotopic (exact) mass is 403 g/mol. The second kappa shape index (κ2) is 7.63. The van der Waals surface area contributed by atoms with Gasteiger partial charge in [-0.25, -0.2) is 9.50 Å². The van der Waals surface area contributed by atoms with Crippen LogP contribution in [0.3, 0.4) is 0 Å². The van der Waals surface area contributed by atoms with Crippen molar-refractivity contribution in [3.05, 3.63) is 87.9 Å². The van der Waals surface area contributed by atoms with Crippen LogP contribution in [-0.4, -0.2) is 25.4 Å². The van der Waals surface area contributed by atoms with Gasteiger partial charge >= 0.3 is 0 Å². The Bertz CT molecular complexity index is 1250. The molecule has 1 amide bonds. The molecule has 0 aliphatic rings. The Kier molecular flexibility index (Phi) is 4.85. The molecule has 4 rings (SSSR count). The van der Waals surface area contributed by atoms with Gasteiger partial charge in [0.05, 0.1) is 16.7 Å². The first-order chi connectivity index (χ1) is 14.4. The number of nitrogens with zero attached hydrogens (tertiary/aromatic N) is 4. The minimum Gasteiger partial charge on any atom is -0.457 e. The lowest BCUT2D eigenvalue weighted by Gasteiger charge is -2.11. The lowest BCUT2D eigenvalue weighted by Crippen LogP contribution is -2.13. The maximum Gasteiger partial charge on any atom is 0.276 e. The molecule has 9 nitrogen and oxygen atoms in total. The molecule has 9 heteroatoms. The standard InChI is InChI=1S/C21H17N5O4/c1-13-4-5-14(2)19(8-13)30-17-10-15(9-16(11-17)26(28)29)23-21(27)18-12-20-22-6-3-7-25(20)24-18/h3-12H,1-2H3,(H,23,27). The highest BCUT2D eigenvalue weighted by molar-refractivity contribution is 6.03. The second-order valence-electron chi connectivity index (χ2n) is 6.75. The van der Waals surface area contributed by atoms with Crippen LogP contribution in [-0.2, 0) is 0 Å². The Hall–Kier alpha value is -4.27. The van der Waals surface area contributed by atoms with Crippen LogP contribution in [0, 0.1) is 24.0 Å². The van der Waals surface area contributed by atoms with Crippen molar-refractivity contribution in [3.8, 4) is 11.5 Å². The molecule has 150 valence electrons. The summed E-state index contributed by atoms with van der Waals surface area (Å²) in [6.45, 7) is 3.81. The highest BCUT2D eigenvalue weighted by Gasteiger charge is 2.16. The molecule has 0 unspecified atom stereocenters. The molecule has 2 aromatic carbocycles. The van der Waals surface area contributed by atoms with E-state index in [-0.39, 0.29) is 22.8 Å². The predicted molar refractivity (Wildman–Crippen MR) is 110 cm³/mol. The molecule has 1 N–H and O–H groups in total. The molecular formula is C21H17N5O4. The Labute approximate surface area is 171 Å². The first-order valence-corrected chi connectivity index (χ1v) is 9.05. The number of nitrogens with one attached hydrogen (secondary N) is 1. The van der Waals surface area contributed by atoms with E-state index in [1.807, 2.05) is 32.0 Å². The third-order valence-electron chi connectivity index (χ3n) is 4.40. The van der Waals surface area contributed by atoms with Crippen molar-refractivity contribution in [1.82, 2.24) is 14.6 Å². The molecule has 2 heterocycles. The van der Waals surface area contributed by atoms with Crippen molar-refractivity contribution >= 4 is 22.9 Å². The number of non-ortho nitro benzene ring substituents is 1. The molecule has 2 aromatic heterocycles. The number of ether oxygens (including phenoxy) is 1. The van der Waals surface area contributed by atoms with E-state index in [0.29, 0.717) is 11.4 Å². The van der Waals surface area contributed by atoms with E-state index in [1.54, 1.807) is 18.5 Å². The molecule has 0 saturated heterocycles. The summed E-state index contributed by atoms with van der Waals surface area (Å²) >= 11 is 0. The van der Waals surface area contributed by atoms with E-state index in [2.05, 4.69) is 15.4 Å². The molecule has 4 aromatic rings. The van der Waals surface area contributed by atoms with Gasteiger partial charge in [-0.2, -0.15) is 5.10 Å². The van der Waals surface area contributed by atoms with E-state index in [0.717, 1.165) is 11.1 Å². The number of rotatable bonds is 5. The van der Waals surface area contributed by atoms with Gasteiger partial charge in [0.25, 0.3) is 11.6 Å². The molecule has 0 radical (unpaired) electrons. The fourth-order valence-corrected chi connectivity index (χ4v) is 2.90. The van der Waals surface area contributed by atoms with Crippen molar-refractivity contribution in [1.29, 1.82) is 0 Å². The van der Waals surface area contributed by atoms with Crippen molar-refractivity contribution in [2.45, 2.75) is 13.8 Å². The lowest BCUT2D eigenvalue weighted by molar-refractivity contribution is -0.384. The third-order valence-corrected chi connectivity index (χ3v) is 4.40. The summed E-state index contributed by atoms with van der Waals surface area (Å²) in [7, 11) is 0. The Morgan fingerprint density at radius 3 is 2.77 bits per heavy atom. The number of anilines is 1. The van der Waals surface area contributed by atoms with E-state index in [1.165, 1.54) is 28.8 Å². The number of carbonyl (C=O) groups excluding carboxylic acids is 1. The first kappa shape index (κ1) is 19.1. The van der Waals surface area contributed by atoms with Gasteiger partial charge in [-0.05, 0) is 37.1 Å². The quantitative estimate of drug-likeness (QED) is 0.393. The topological polar surface area (TPSA) is 112 Å². The molecular weight excluding hydrogens is 386 g/mol. The van der Waals surface area contributed by atoms with Crippen LogP contribution in [0.4, 0.5) is 11.4 Å². The highest BCUT2D eigenvalue weighted by Crippen LogP contribution is 2.32. The number of aromatic nitrogens is 3. The number of benzene rings is 2. The zero-order chi connectivity index (χ0) is 21.3. The van der Waals surface area contributed by atoms with Crippen molar-refractivity contribution in [3.63, 3.8) is 0 Å². The van der Waals surface area contributed by atoms with E-state index >= 15 is 0 Å². The third kappa shape index (κ3) is 3.95. The number of hydrogen-bond acceptors (Lipinski definition) is 6. The average Bonchev–Trinajstić information content (AvgIpc) is 3.15. The molecule has 0 spiro atoms. The number of fused-ring (bicyclic) bond motifs is 1. The molecule has 0 atom stereocenters. The van der Waals surface area contributed by atoms with Crippen molar-refractivity contribution < 1.29 is 14.5 Å². The van der Waals surface area contributed by atoms with Crippen LogP contribution >= 0.6 is 0 Å². The van der Waals surface area contributed by atoms with Crippen LogP contribution in [0.1, 0.15) is 21.6 Å². The maximum atomic E-state index is 12.6. The van der Waals surface area contributed by atoms with E-state index < -0.39 is 10.8 Å². The SMILES string of the molecule is Cc1ccc(C)c(Oc2cc(NC(=O)c3cc4ncccn4n3)cc([N+](=O)[O-])c2)c1. The zero-order valence-corrected chi connectivity index (χ0v) is 16.2. The molecule has 0 aliphatic heterocycles. The number of nitro groups is 1. The van der Waals surface area contributed by atoms with E-state index in [9.17, 15) is 14.9 Å². The summed E-state index contributed by atoms with van der Waals surface area (Å²) < 4.78 is 7.34. The van der Waals surface area contributed by atoms with Crippen LogP contribution in [0.25, 0.3) is 5.65 Å². The molecule has 0 fully saturated rings. The summed E-state index contributed by atoms with van der Waals surface area (Å²) in [5.74, 6) is 0.308. The largest absolute Gasteiger partial charge is 0.457 e. The molecule has 0 aliphatic carbocycles.